The van der Waals surface area contributed by atoms with Crippen LogP contribution in [-0.4, -0.2) is 74.9 Å². The van der Waals surface area contributed by atoms with Crippen molar-refractivity contribution >= 4 is 11.9 Å². The molecule has 252 valence electrons. The van der Waals surface area contributed by atoms with Crippen LogP contribution in [0.15, 0.2) is 18.2 Å². The number of rotatable bonds is 19. The maximum atomic E-state index is 13.4. The Bertz CT molecular complexity index is 999. The molecule has 2 N–H and O–H groups in total. The van der Waals surface area contributed by atoms with Crippen LogP contribution < -0.4 is 14.8 Å². The lowest BCUT2D eigenvalue weighted by Gasteiger charge is -2.33. The van der Waals surface area contributed by atoms with Gasteiger partial charge in [-0.2, -0.15) is 0 Å². The number of ether oxygens (including phenoxy) is 5. The summed E-state index contributed by atoms with van der Waals surface area (Å²) in [5.41, 5.74) is 0.379. The van der Waals surface area contributed by atoms with E-state index in [2.05, 4.69) is 19.2 Å². The third-order valence-corrected chi connectivity index (χ3v) is 8.39. The summed E-state index contributed by atoms with van der Waals surface area (Å²) in [5.74, 6) is 1.53. The highest BCUT2D eigenvalue weighted by Crippen LogP contribution is 2.32. The van der Waals surface area contributed by atoms with Gasteiger partial charge in [0.25, 0.3) is 0 Å². The summed E-state index contributed by atoms with van der Waals surface area (Å²) in [6, 6.07) is 5.31. The summed E-state index contributed by atoms with van der Waals surface area (Å²) in [6.45, 7) is 15.4. The first-order valence-electron chi connectivity index (χ1n) is 16.3. The van der Waals surface area contributed by atoms with Crippen molar-refractivity contribution in [2.45, 2.75) is 117 Å². The molecule has 5 atom stereocenters. The van der Waals surface area contributed by atoms with Crippen molar-refractivity contribution in [3.63, 3.8) is 0 Å². The Morgan fingerprint density at radius 3 is 2.34 bits per heavy atom. The molecule has 1 fully saturated rings. The number of Topliss-reactive ketones (excluding diaryl/α,β-unsaturated/α-hetero) is 1. The third-order valence-electron chi connectivity index (χ3n) is 8.39. The summed E-state index contributed by atoms with van der Waals surface area (Å²) >= 11 is 0. The average molecular weight is 622 g/mol. The highest BCUT2D eigenvalue weighted by molar-refractivity contribution is 5.81. The molecule has 2 rings (SSSR count). The Morgan fingerprint density at radius 2 is 1.77 bits per heavy atom. The monoisotopic (exact) mass is 621 g/mol. The lowest BCUT2D eigenvalue weighted by Crippen LogP contribution is -2.48. The Hall–Kier alpha value is -2.36. The zero-order chi connectivity index (χ0) is 32.9. The van der Waals surface area contributed by atoms with Crippen LogP contribution >= 0.6 is 0 Å². The van der Waals surface area contributed by atoms with Crippen LogP contribution in [0.1, 0.15) is 92.6 Å². The van der Waals surface area contributed by atoms with Gasteiger partial charge in [-0.25, -0.2) is 4.79 Å². The minimum Gasteiger partial charge on any atom is -0.493 e. The van der Waals surface area contributed by atoms with Crippen molar-refractivity contribution in [1.82, 2.24) is 5.32 Å². The van der Waals surface area contributed by atoms with E-state index in [1.165, 1.54) is 0 Å². The smallest absolute Gasteiger partial charge is 0.407 e. The quantitative estimate of drug-likeness (QED) is 0.171. The van der Waals surface area contributed by atoms with E-state index in [1.807, 2.05) is 52.8 Å². The third kappa shape index (κ3) is 13.3. The number of ketones is 1. The number of alkyl carbamates (subject to hydrolysis) is 1. The summed E-state index contributed by atoms with van der Waals surface area (Å²) in [7, 11) is 3.24. The molecule has 9 heteroatoms. The molecule has 0 saturated carbocycles. The molecule has 0 aromatic heterocycles. The van der Waals surface area contributed by atoms with Gasteiger partial charge in [0.15, 0.2) is 11.5 Å². The molecule has 1 amide bonds. The highest BCUT2D eigenvalue weighted by Gasteiger charge is 2.33. The SMILES string of the molecule is COCCOc1cc(C[C@@H](C[C@H](NC(=O)OC(C)(C)C)[C@@H](O)C[C@H](C(=O)CC[C@H]2CCCO2)C(C)C)C(C)C)ccc1OC. The number of carbonyl (C=O) groups excluding carboxylic acids is 2. The van der Waals surface area contributed by atoms with E-state index >= 15 is 0 Å². The Morgan fingerprint density at radius 1 is 1.05 bits per heavy atom. The Balaban J connectivity index is 2.24. The van der Waals surface area contributed by atoms with Crippen molar-refractivity contribution < 1.29 is 38.4 Å². The molecule has 1 heterocycles. The van der Waals surface area contributed by atoms with Crippen molar-refractivity contribution in [2.24, 2.45) is 23.7 Å². The van der Waals surface area contributed by atoms with E-state index in [0.717, 1.165) is 25.0 Å². The number of nitrogens with one attached hydrogen (secondary N) is 1. The van der Waals surface area contributed by atoms with Crippen LogP contribution in [0.3, 0.4) is 0 Å². The standard InChI is InChI=1S/C35H59NO8/c1-23(2)26(19-25-12-15-32(41-9)33(20-25)43-18-17-40-8)21-29(36-34(39)44-35(5,6)7)31(38)22-28(24(3)4)30(37)14-13-27-11-10-16-42-27/h12,15,20,23-24,26-29,31,38H,10-11,13-14,16-19,21-22H2,1-9H3,(H,36,39)/t26-,27+,28-,29-,31-/m0/s1. The van der Waals surface area contributed by atoms with Gasteiger partial charge in [0.1, 0.15) is 18.0 Å². The second kappa shape index (κ2) is 18.6. The van der Waals surface area contributed by atoms with Crippen molar-refractivity contribution in [3.8, 4) is 11.5 Å². The lowest BCUT2D eigenvalue weighted by atomic mass is 9.79. The molecule has 44 heavy (non-hydrogen) atoms. The maximum absolute atomic E-state index is 13.4. The van der Waals surface area contributed by atoms with Gasteiger partial charge in [-0.05, 0) is 94.7 Å². The Labute approximate surface area is 265 Å². The molecule has 0 spiro atoms. The Kier molecular flexibility index (Phi) is 16.0. The minimum atomic E-state index is -0.924. The summed E-state index contributed by atoms with van der Waals surface area (Å²) in [5, 5.41) is 14.6. The number of methoxy groups -OCH3 is 2. The lowest BCUT2D eigenvalue weighted by molar-refractivity contribution is -0.126. The van der Waals surface area contributed by atoms with Crippen LogP contribution in [0.4, 0.5) is 4.79 Å². The van der Waals surface area contributed by atoms with Crippen molar-refractivity contribution in [1.29, 1.82) is 0 Å². The van der Waals surface area contributed by atoms with Gasteiger partial charge in [0, 0.05) is 26.1 Å². The first-order chi connectivity index (χ1) is 20.7. The molecule has 9 nitrogen and oxygen atoms in total. The first-order valence-corrected chi connectivity index (χ1v) is 16.3. The topological polar surface area (TPSA) is 113 Å². The van der Waals surface area contributed by atoms with Crippen LogP contribution in [0.2, 0.25) is 0 Å². The number of hydrogen-bond acceptors (Lipinski definition) is 8. The number of amides is 1. The molecule has 1 saturated heterocycles. The number of aliphatic hydroxyl groups excluding tert-OH is 1. The van der Waals surface area contributed by atoms with Crippen molar-refractivity contribution in [3.05, 3.63) is 23.8 Å². The average Bonchev–Trinajstić information content (AvgIpc) is 3.46. The number of benzene rings is 1. The fraction of sp³-hybridized carbons (Fsp3) is 0.771. The molecule has 1 aliphatic rings. The van der Waals surface area contributed by atoms with Gasteiger partial charge in [0.05, 0.1) is 32.0 Å². The van der Waals surface area contributed by atoms with E-state index in [1.54, 1.807) is 14.2 Å². The van der Waals surface area contributed by atoms with Crippen LogP contribution in [0, 0.1) is 23.7 Å². The molecule has 1 aromatic rings. The maximum Gasteiger partial charge on any atom is 0.407 e. The summed E-state index contributed by atoms with van der Waals surface area (Å²) < 4.78 is 27.8. The predicted octanol–water partition coefficient (Wildman–Crippen LogP) is 6.37. The second-order valence-corrected chi connectivity index (χ2v) is 13.8. The van der Waals surface area contributed by atoms with E-state index in [4.69, 9.17) is 23.7 Å². The van der Waals surface area contributed by atoms with Crippen LogP contribution in [-0.2, 0) is 25.4 Å². The summed E-state index contributed by atoms with van der Waals surface area (Å²) in [4.78, 5) is 26.3. The largest absolute Gasteiger partial charge is 0.493 e. The van der Waals surface area contributed by atoms with E-state index in [0.29, 0.717) is 50.4 Å². The van der Waals surface area contributed by atoms with E-state index < -0.39 is 23.8 Å². The predicted molar refractivity (Wildman–Crippen MR) is 172 cm³/mol. The van der Waals surface area contributed by atoms with E-state index in [-0.39, 0.29) is 42.0 Å². The molecule has 0 unspecified atom stereocenters. The first kappa shape index (κ1) is 37.8. The fourth-order valence-corrected chi connectivity index (χ4v) is 5.75. The molecular weight excluding hydrogens is 562 g/mol. The molecule has 0 bridgehead atoms. The van der Waals surface area contributed by atoms with E-state index in [9.17, 15) is 14.7 Å². The molecule has 0 radical (unpaired) electrons. The zero-order valence-electron chi connectivity index (χ0n) is 28.6. The zero-order valence-corrected chi connectivity index (χ0v) is 28.6. The van der Waals surface area contributed by atoms with Gasteiger partial charge in [0.2, 0.25) is 0 Å². The second-order valence-electron chi connectivity index (χ2n) is 13.8. The number of carbonyl (C=O) groups is 2. The number of hydrogen-bond donors (Lipinski definition) is 2. The minimum absolute atomic E-state index is 0.0561. The van der Waals surface area contributed by atoms with Crippen LogP contribution in [0.25, 0.3) is 0 Å². The molecule has 0 aliphatic carbocycles. The fourth-order valence-electron chi connectivity index (χ4n) is 5.75. The number of aliphatic hydroxyl groups is 1. The normalized spacial score (nSPS) is 18.1. The van der Waals surface area contributed by atoms with Gasteiger partial charge < -0.3 is 34.1 Å². The van der Waals surface area contributed by atoms with Crippen LogP contribution in [0.5, 0.6) is 11.5 Å². The molecule has 1 aromatic carbocycles. The molecular formula is C35H59NO8. The highest BCUT2D eigenvalue weighted by atomic mass is 16.6. The summed E-state index contributed by atoms with van der Waals surface area (Å²) in [6.07, 6.45) is 3.32. The van der Waals surface area contributed by atoms with Gasteiger partial charge in [-0.1, -0.05) is 33.8 Å². The van der Waals surface area contributed by atoms with Gasteiger partial charge >= 0.3 is 6.09 Å². The molecule has 1 aliphatic heterocycles. The van der Waals surface area contributed by atoms with Gasteiger partial charge in [-0.3, -0.25) is 4.79 Å². The van der Waals surface area contributed by atoms with Crippen molar-refractivity contribution in [2.75, 3.05) is 34.0 Å². The van der Waals surface area contributed by atoms with Gasteiger partial charge in [-0.15, -0.1) is 0 Å².